The number of aromatic nitrogens is 3. The van der Waals surface area contributed by atoms with Gasteiger partial charge in [-0.1, -0.05) is 24.6 Å². The Hall–Kier alpha value is -2.89. The third-order valence-electron chi connectivity index (χ3n) is 10.9. The number of rotatable bonds is 8. The van der Waals surface area contributed by atoms with Gasteiger partial charge in [-0.3, -0.25) is 4.79 Å². The number of anilines is 4. The summed E-state index contributed by atoms with van der Waals surface area (Å²) < 4.78 is 3.25. The maximum Gasteiger partial charge on any atom is 0.254 e. The molecule has 8 nitrogen and oxygen atoms in total. The van der Waals surface area contributed by atoms with Crippen LogP contribution in [0, 0.1) is 21.8 Å². The van der Waals surface area contributed by atoms with Crippen molar-refractivity contribution < 1.29 is 0 Å². The Bertz CT molecular complexity index is 1850. The van der Waals surface area contributed by atoms with E-state index in [9.17, 15) is 4.79 Å². The second-order valence-electron chi connectivity index (χ2n) is 14.6. The van der Waals surface area contributed by atoms with Crippen molar-refractivity contribution in [2.45, 2.75) is 65.8 Å². The second kappa shape index (κ2) is 13.8. The smallest absolute Gasteiger partial charge is 0.254 e. The number of aryl methyl sites for hydroxylation is 2. The van der Waals surface area contributed by atoms with Crippen LogP contribution in [0.15, 0.2) is 53.5 Å². The van der Waals surface area contributed by atoms with Gasteiger partial charge in [0.25, 0.3) is 5.56 Å². The molecule has 2 aromatic carbocycles. The van der Waals surface area contributed by atoms with E-state index in [1.807, 2.05) is 43.5 Å². The monoisotopic (exact) mass is 779 g/mol. The molecule has 0 bridgehead atoms. The lowest BCUT2D eigenvalue weighted by Gasteiger charge is -2.55. The van der Waals surface area contributed by atoms with Crippen molar-refractivity contribution in [3.05, 3.63) is 78.7 Å². The van der Waals surface area contributed by atoms with Crippen molar-refractivity contribution in [1.29, 1.82) is 0 Å². The van der Waals surface area contributed by atoms with E-state index in [0.29, 0.717) is 22.2 Å². The number of piperidine rings is 2. The summed E-state index contributed by atoms with van der Waals surface area (Å²) >= 11 is 9.07. The maximum atomic E-state index is 12.8. The van der Waals surface area contributed by atoms with Crippen LogP contribution in [0.25, 0.3) is 10.9 Å². The molecular formula is C38H47ClIN7O. The number of likely N-dealkylation sites (tertiary alicyclic amines) is 1. The molecule has 0 atom stereocenters. The fraction of sp³-hybridized carbons (Fsp3) is 0.500. The van der Waals surface area contributed by atoms with Gasteiger partial charge in [0.1, 0.15) is 5.02 Å². The van der Waals surface area contributed by atoms with Crippen LogP contribution in [0.3, 0.4) is 0 Å². The molecule has 3 fully saturated rings. The minimum Gasteiger partial charge on any atom is -0.371 e. The van der Waals surface area contributed by atoms with Gasteiger partial charge < -0.3 is 24.6 Å². The van der Waals surface area contributed by atoms with Crippen LogP contribution in [0.2, 0.25) is 5.02 Å². The number of nitrogens with zero attached hydrogens (tertiary/aromatic N) is 6. The average Bonchev–Trinajstić information content (AvgIpc) is 3.06. The lowest BCUT2D eigenvalue weighted by Crippen LogP contribution is -2.61. The molecule has 48 heavy (non-hydrogen) atoms. The highest BCUT2D eigenvalue weighted by Gasteiger charge is 2.45. The zero-order valence-corrected chi connectivity index (χ0v) is 31.5. The van der Waals surface area contributed by atoms with Crippen molar-refractivity contribution in [2.75, 3.05) is 60.9 Å². The van der Waals surface area contributed by atoms with Crippen LogP contribution in [0.4, 0.5) is 23.1 Å². The zero-order valence-electron chi connectivity index (χ0n) is 28.6. The van der Waals surface area contributed by atoms with Crippen molar-refractivity contribution in [1.82, 2.24) is 19.4 Å². The molecule has 0 saturated carbocycles. The molecule has 4 aromatic rings. The second-order valence-corrected chi connectivity index (χ2v) is 16.1. The molecule has 2 aromatic heterocycles. The van der Waals surface area contributed by atoms with E-state index in [1.54, 1.807) is 6.20 Å². The minimum atomic E-state index is 0.0549. The van der Waals surface area contributed by atoms with Crippen LogP contribution in [0.1, 0.15) is 63.6 Å². The number of hydrogen-bond donors (Lipinski definition) is 1. The molecule has 1 spiro atoms. The molecule has 0 radical (unpaired) electrons. The summed E-state index contributed by atoms with van der Waals surface area (Å²) in [5.74, 6) is 2.04. The van der Waals surface area contributed by atoms with E-state index in [-0.39, 0.29) is 11.6 Å². The normalized spacial score (nSPS) is 18.6. The van der Waals surface area contributed by atoms with Crippen molar-refractivity contribution >= 4 is 68.2 Å². The highest BCUT2D eigenvalue weighted by Crippen LogP contribution is 2.42. The quantitative estimate of drug-likeness (QED) is 0.182. The van der Waals surface area contributed by atoms with Gasteiger partial charge in [0.2, 0.25) is 5.95 Å². The van der Waals surface area contributed by atoms with Gasteiger partial charge in [0.15, 0.2) is 5.82 Å². The molecule has 254 valence electrons. The Morgan fingerprint density at radius 3 is 2.46 bits per heavy atom. The van der Waals surface area contributed by atoms with E-state index in [4.69, 9.17) is 16.6 Å². The number of nitrogens with one attached hydrogen (secondary N) is 1. The third-order valence-corrected chi connectivity index (χ3v) is 12.1. The van der Waals surface area contributed by atoms with Gasteiger partial charge in [-0.05, 0) is 129 Å². The van der Waals surface area contributed by atoms with E-state index in [0.717, 1.165) is 60.5 Å². The summed E-state index contributed by atoms with van der Waals surface area (Å²) in [5.41, 5.74) is 5.95. The minimum absolute atomic E-state index is 0.0549. The van der Waals surface area contributed by atoms with E-state index in [1.165, 1.54) is 60.4 Å². The number of benzene rings is 2. The van der Waals surface area contributed by atoms with E-state index >= 15 is 0 Å². The third kappa shape index (κ3) is 6.79. The molecule has 10 heteroatoms. The molecule has 5 heterocycles. The van der Waals surface area contributed by atoms with Gasteiger partial charge in [-0.2, -0.15) is 4.98 Å². The highest BCUT2D eigenvalue weighted by atomic mass is 127. The lowest BCUT2D eigenvalue weighted by molar-refractivity contribution is -0.0292. The Balaban J connectivity index is 0.914. The summed E-state index contributed by atoms with van der Waals surface area (Å²) in [6.07, 6.45) is 7.71. The molecule has 3 aliphatic heterocycles. The Labute approximate surface area is 303 Å². The number of halogens is 2. The molecule has 0 aliphatic carbocycles. The SMILES string of the molecule is CCc1ccc(N2CCC3(CC2)CN(CC2CCN(c4ncc(Cl)c(Nc5ccc6c(c5)cc(C)c(=O)n6C(C)C)n4)CC2)C3)cc1I. The van der Waals surface area contributed by atoms with Gasteiger partial charge in [0, 0.05) is 77.7 Å². The number of hydrogen-bond acceptors (Lipinski definition) is 7. The average molecular weight is 780 g/mol. The fourth-order valence-electron chi connectivity index (χ4n) is 8.10. The first-order valence-electron chi connectivity index (χ1n) is 17.6. The standard InChI is InChI=1S/C38H47ClIN7O/c1-5-28-6-8-31(20-33(28)40)45-16-12-38(13-17-45)23-44(24-38)22-27-10-14-46(15-11-27)37-41-21-32(39)35(43-37)42-30-7-9-34-29(19-30)18-26(4)36(48)47(34)25(2)3/h6-9,18-21,25,27H,5,10-17,22-24H2,1-4H3,(H,41,42,43). The molecule has 1 N–H and O–H groups in total. The van der Waals surface area contributed by atoms with Crippen molar-refractivity contribution in [2.24, 2.45) is 11.3 Å². The summed E-state index contributed by atoms with van der Waals surface area (Å²) in [6, 6.07) is 15.1. The zero-order chi connectivity index (χ0) is 33.6. The van der Waals surface area contributed by atoms with Gasteiger partial charge >= 0.3 is 0 Å². The van der Waals surface area contributed by atoms with Crippen LogP contribution in [0.5, 0.6) is 0 Å². The molecule has 7 rings (SSSR count). The summed E-state index contributed by atoms with van der Waals surface area (Å²) in [7, 11) is 0. The summed E-state index contributed by atoms with van der Waals surface area (Å²) in [6.45, 7) is 16.2. The predicted octanol–water partition coefficient (Wildman–Crippen LogP) is 8.06. The van der Waals surface area contributed by atoms with E-state index < -0.39 is 0 Å². The molecular weight excluding hydrogens is 733 g/mol. The molecule has 0 unspecified atom stereocenters. The van der Waals surface area contributed by atoms with Crippen molar-refractivity contribution in [3.8, 4) is 0 Å². The Morgan fingerprint density at radius 1 is 1.02 bits per heavy atom. The highest BCUT2D eigenvalue weighted by molar-refractivity contribution is 14.1. The van der Waals surface area contributed by atoms with Crippen molar-refractivity contribution in [3.63, 3.8) is 0 Å². The Morgan fingerprint density at radius 2 is 1.77 bits per heavy atom. The topological polar surface area (TPSA) is 69.5 Å². The largest absolute Gasteiger partial charge is 0.371 e. The first-order chi connectivity index (χ1) is 23.1. The summed E-state index contributed by atoms with van der Waals surface area (Å²) in [4.78, 5) is 29.8. The Kier molecular flexibility index (Phi) is 9.65. The first kappa shape index (κ1) is 33.6. The molecule has 3 saturated heterocycles. The van der Waals surface area contributed by atoms with Gasteiger partial charge in [0.05, 0.1) is 11.7 Å². The van der Waals surface area contributed by atoms with Crippen LogP contribution < -0.4 is 20.7 Å². The number of pyridine rings is 1. The molecule has 0 amide bonds. The van der Waals surface area contributed by atoms with Gasteiger partial charge in [-0.15, -0.1) is 0 Å². The predicted molar refractivity (Wildman–Crippen MR) is 207 cm³/mol. The van der Waals surface area contributed by atoms with Gasteiger partial charge in [-0.25, -0.2) is 4.98 Å². The number of fused-ring (bicyclic) bond motifs is 1. The maximum absolute atomic E-state index is 12.8. The fourth-order valence-corrected chi connectivity index (χ4v) is 9.11. The van der Waals surface area contributed by atoms with Crippen LogP contribution >= 0.6 is 34.2 Å². The van der Waals surface area contributed by atoms with E-state index in [2.05, 4.69) is 78.8 Å². The van der Waals surface area contributed by atoms with Crippen LogP contribution in [-0.2, 0) is 6.42 Å². The lowest BCUT2D eigenvalue weighted by atomic mass is 9.71. The summed E-state index contributed by atoms with van der Waals surface area (Å²) in [5, 5.41) is 4.91. The van der Waals surface area contributed by atoms with Crippen LogP contribution in [-0.4, -0.2) is 65.2 Å². The molecule has 3 aliphatic rings. The first-order valence-corrected chi connectivity index (χ1v) is 19.0.